The van der Waals surface area contributed by atoms with E-state index < -0.39 is 0 Å². The number of anilines is 1. The quantitative estimate of drug-likeness (QED) is 0.380. The zero-order valence-corrected chi connectivity index (χ0v) is 21.5. The van der Waals surface area contributed by atoms with Crippen LogP contribution < -0.4 is 9.64 Å². The first-order valence-electron chi connectivity index (χ1n) is 12.8. The van der Waals surface area contributed by atoms with Gasteiger partial charge in [0.15, 0.2) is 5.52 Å². The summed E-state index contributed by atoms with van der Waals surface area (Å²) in [7, 11) is 1.61. The summed E-state index contributed by atoms with van der Waals surface area (Å²) in [6.45, 7) is 10.2. The van der Waals surface area contributed by atoms with Gasteiger partial charge in [0.25, 0.3) is 0 Å². The van der Waals surface area contributed by atoms with Crippen molar-refractivity contribution in [1.29, 1.82) is 0 Å². The third-order valence-electron chi connectivity index (χ3n) is 7.21. The van der Waals surface area contributed by atoms with Crippen LogP contribution in [0.3, 0.4) is 0 Å². The lowest BCUT2D eigenvalue weighted by molar-refractivity contribution is -0.0660. The number of hydrogen-bond acceptors (Lipinski definition) is 9. The summed E-state index contributed by atoms with van der Waals surface area (Å²) in [6, 6.07) is 8.99. The minimum atomic E-state index is 0.265. The van der Waals surface area contributed by atoms with Crippen molar-refractivity contribution >= 4 is 16.7 Å². The van der Waals surface area contributed by atoms with Crippen LogP contribution in [-0.2, 0) is 11.2 Å². The Kier molecular flexibility index (Phi) is 6.43. The van der Waals surface area contributed by atoms with Crippen LogP contribution in [0.5, 0.6) is 5.88 Å². The molecule has 2 saturated heterocycles. The average Bonchev–Trinajstić information content (AvgIpc) is 3.33. The van der Waals surface area contributed by atoms with E-state index in [0.29, 0.717) is 24.2 Å². The van der Waals surface area contributed by atoms with Gasteiger partial charge in [0.05, 0.1) is 67.9 Å². The molecule has 192 valence electrons. The smallest absolute Gasteiger partial charge is 0.242 e. The second kappa shape index (κ2) is 10.0. The molecule has 0 saturated carbocycles. The summed E-state index contributed by atoms with van der Waals surface area (Å²) < 4.78 is 13.0. The zero-order chi connectivity index (χ0) is 25.4. The van der Waals surface area contributed by atoms with Crippen molar-refractivity contribution in [3.05, 3.63) is 54.5 Å². The van der Waals surface area contributed by atoms with Gasteiger partial charge < -0.3 is 18.9 Å². The summed E-state index contributed by atoms with van der Waals surface area (Å²) >= 11 is 0. The molecule has 0 amide bonds. The standard InChI is InChI=1S/C27H32N8O2/c1-18(2)35-17-30-26-24(35)13-23(32-27(26)36-3)22-6-7-28-25(31-22)12-19-4-5-20(14-29-19)33-8-10-34(11-9-33)21-15-37-16-21/h4-7,13-14,17-18,21H,8-12,15-16H2,1-3H3. The normalized spacial score (nSPS) is 16.9. The van der Waals surface area contributed by atoms with E-state index in [9.17, 15) is 0 Å². The molecule has 0 N–H and O–H groups in total. The number of aromatic nitrogens is 6. The van der Waals surface area contributed by atoms with Crippen molar-refractivity contribution in [2.24, 2.45) is 0 Å². The fourth-order valence-electron chi connectivity index (χ4n) is 4.96. The highest BCUT2D eigenvalue weighted by molar-refractivity contribution is 5.84. The third-order valence-corrected chi connectivity index (χ3v) is 7.21. The summed E-state index contributed by atoms with van der Waals surface area (Å²) in [5.74, 6) is 1.19. The first-order valence-corrected chi connectivity index (χ1v) is 12.8. The van der Waals surface area contributed by atoms with Crippen LogP contribution in [0, 0.1) is 0 Å². The molecule has 37 heavy (non-hydrogen) atoms. The lowest BCUT2D eigenvalue weighted by Crippen LogP contribution is -2.56. The monoisotopic (exact) mass is 500 g/mol. The molecule has 0 aromatic carbocycles. The van der Waals surface area contributed by atoms with Gasteiger partial charge in [-0.2, -0.15) is 0 Å². The highest BCUT2D eigenvalue weighted by Gasteiger charge is 2.29. The number of nitrogens with zero attached hydrogens (tertiary/aromatic N) is 8. The fraction of sp³-hybridized carbons (Fsp3) is 0.444. The van der Waals surface area contributed by atoms with Gasteiger partial charge in [0, 0.05) is 44.1 Å². The van der Waals surface area contributed by atoms with Gasteiger partial charge in [-0.15, -0.1) is 0 Å². The lowest BCUT2D eigenvalue weighted by atomic mass is 10.1. The van der Waals surface area contributed by atoms with E-state index in [4.69, 9.17) is 19.4 Å². The van der Waals surface area contributed by atoms with Crippen LogP contribution >= 0.6 is 0 Å². The van der Waals surface area contributed by atoms with E-state index >= 15 is 0 Å². The van der Waals surface area contributed by atoms with E-state index in [-0.39, 0.29) is 6.04 Å². The van der Waals surface area contributed by atoms with Crippen LogP contribution in [0.2, 0.25) is 0 Å². The largest absolute Gasteiger partial charge is 0.479 e. The van der Waals surface area contributed by atoms with Gasteiger partial charge in [-0.25, -0.2) is 19.9 Å². The number of piperazine rings is 1. The maximum absolute atomic E-state index is 5.54. The molecule has 6 rings (SSSR count). The third kappa shape index (κ3) is 4.74. The SMILES string of the molecule is COc1nc(-c2ccnc(Cc3ccc(N4CCN(C5COC5)CC4)cn3)n2)cc2c1ncn2C(C)C. The molecule has 4 aromatic rings. The molecule has 6 heterocycles. The summed E-state index contributed by atoms with van der Waals surface area (Å²) in [4.78, 5) is 28.1. The number of pyridine rings is 2. The topological polar surface area (TPSA) is 94.3 Å². The molecule has 4 aromatic heterocycles. The number of rotatable bonds is 7. The maximum atomic E-state index is 5.54. The molecule has 0 atom stereocenters. The van der Waals surface area contributed by atoms with Gasteiger partial charge in [-0.05, 0) is 38.1 Å². The van der Waals surface area contributed by atoms with Gasteiger partial charge in [0.2, 0.25) is 5.88 Å². The van der Waals surface area contributed by atoms with E-state index in [0.717, 1.165) is 73.2 Å². The van der Waals surface area contributed by atoms with Gasteiger partial charge in [-0.1, -0.05) is 0 Å². The number of hydrogen-bond donors (Lipinski definition) is 0. The Bertz CT molecular complexity index is 1380. The molecule has 10 nitrogen and oxygen atoms in total. The zero-order valence-electron chi connectivity index (χ0n) is 21.5. The predicted octanol–water partition coefficient (Wildman–Crippen LogP) is 2.98. The van der Waals surface area contributed by atoms with Gasteiger partial charge >= 0.3 is 0 Å². The second-order valence-corrected chi connectivity index (χ2v) is 9.89. The highest BCUT2D eigenvalue weighted by atomic mass is 16.5. The fourth-order valence-corrected chi connectivity index (χ4v) is 4.96. The van der Waals surface area contributed by atoms with Gasteiger partial charge in [-0.3, -0.25) is 9.88 Å². The molecule has 0 aliphatic carbocycles. The minimum Gasteiger partial charge on any atom is -0.479 e. The second-order valence-electron chi connectivity index (χ2n) is 9.89. The summed E-state index contributed by atoms with van der Waals surface area (Å²) in [5.41, 5.74) is 5.28. The first-order chi connectivity index (χ1) is 18.1. The van der Waals surface area contributed by atoms with E-state index in [1.54, 1.807) is 13.3 Å². The molecular weight excluding hydrogens is 468 g/mol. The Balaban J connectivity index is 1.17. The van der Waals surface area contributed by atoms with E-state index in [1.165, 1.54) is 0 Å². The van der Waals surface area contributed by atoms with Crippen LogP contribution in [0.25, 0.3) is 22.4 Å². The van der Waals surface area contributed by atoms with Crippen molar-refractivity contribution in [2.75, 3.05) is 51.4 Å². The van der Waals surface area contributed by atoms with Crippen molar-refractivity contribution in [1.82, 2.24) is 34.4 Å². The lowest BCUT2D eigenvalue weighted by Gasteiger charge is -2.43. The van der Waals surface area contributed by atoms with E-state index in [1.807, 2.05) is 24.7 Å². The molecular formula is C27H32N8O2. The van der Waals surface area contributed by atoms with Crippen LogP contribution in [-0.4, -0.2) is 86.9 Å². The number of methoxy groups -OCH3 is 1. The Hall–Kier alpha value is -3.63. The van der Waals surface area contributed by atoms with Crippen LogP contribution in [0.15, 0.2) is 43.0 Å². The van der Waals surface area contributed by atoms with E-state index in [2.05, 4.69) is 55.3 Å². The van der Waals surface area contributed by atoms with Crippen molar-refractivity contribution < 1.29 is 9.47 Å². The summed E-state index contributed by atoms with van der Waals surface area (Å²) in [6.07, 6.45) is 6.12. The average molecular weight is 501 g/mol. The molecule has 0 spiro atoms. The predicted molar refractivity (Wildman–Crippen MR) is 141 cm³/mol. The van der Waals surface area contributed by atoms with Crippen LogP contribution in [0.1, 0.15) is 31.4 Å². The Morgan fingerprint density at radius 2 is 1.84 bits per heavy atom. The number of ether oxygens (including phenoxy) is 2. The Morgan fingerprint density at radius 1 is 1.00 bits per heavy atom. The molecule has 10 heteroatoms. The Labute approximate surface area is 216 Å². The highest BCUT2D eigenvalue weighted by Crippen LogP contribution is 2.29. The maximum Gasteiger partial charge on any atom is 0.242 e. The number of imidazole rings is 1. The first kappa shape index (κ1) is 23.7. The molecule has 0 unspecified atom stereocenters. The molecule has 0 radical (unpaired) electrons. The molecule has 2 aliphatic rings. The molecule has 2 fully saturated rings. The number of fused-ring (bicyclic) bond motifs is 1. The molecule has 2 aliphatic heterocycles. The van der Waals surface area contributed by atoms with Crippen LogP contribution in [0.4, 0.5) is 5.69 Å². The van der Waals surface area contributed by atoms with Gasteiger partial charge in [0.1, 0.15) is 5.82 Å². The summed E-state index contributed by atoms with van der Waals surface area (Å²) in [5, 5.41) is 0. The van der Waals surface area contributed by atoms with Crippen molar-refractivity contribution in [3.8, 4) is 17.3 Å². The molecule has 0 bridgehead atoms. The Morgan fingerprint density at radius 3 is 2.51 bits per heavy atom. The van der Waals surface area contributed by atoms with Crippen molar-refractivity contribution in [2.45, 2.75) is 32.4 Å². The minimum absolute atomic E-state index is 0.265. The van der Waals surface area contributed by atoms with Crippen molar-refractivity contribution in [3.63, 3.8) is 0 Å².